The standard InChI is InChI=1S/C24H15ClFN3O3S/c25-23-21(14-30)29(24(28-23)16-6-2-1-3-7-16)13-18-11-10-17(12-20(18)26)19-8-4-5-9-22(19)33(31,32)15-27/h1-12,14H,13H2. The van der Waals surface area contributed by atoms with Crippen LogP contribution in [0.2, 0.25) is 5.15 Å². The second kappa shape index (κ2) is 8.98. The van der Waals surface area contributed by atoms with Gasteiger partial charge in [0.15, 0.2) is 16.8 Å². The predicted molar refractivity (Wildman–Crippen MR) is 122 cm³/mol. The van der Waals surface area contributed by atoms with Gasteiger partial charge in [0.25, 0.3) is 9.84 Å². The molecule has 1 heterocycles. The van der Waals surface area contributed by atoms with Crippen LogP contribution in [-0.2, 0) is 16.4 Å². The monoisotopic (exact) mass is 479 g/mol. The Morgan fingerprint density at radius 1 is 1.03 bits per heavy atom. The van der Waals surface area contributed by atoms with Crippen LogP contribution >= 0.6 is 11.6 Å². The zero-order chi connectivity index (χ0) is 23.6. The summed E-state index contributed by atoms with van der Waals surface area (Å²) in [5, 5.41) is 10.3. The molecule has 0 bridgehead atoms. The Balaban J connectivity index is 1.77. The first-order valence-corrected chi connectivity index (χ1v) is 11.5. The van der Waals surface area contributed by atoms with E-state index in [9.17, 15) is 13.2 Å². The maximum absolute atomic E-state index is 15.1. The lowest BCUT2D eigenvalue weighted by molar-refractivity contribution is 0.111. The van der Waals surface area contributed by atoms with Crippen LogP contribution in [0.15, 0.2) is 77.7 Å². The number of imidazole rings is 1. The van der Waals surface area contributed by atoms with E-state index in [0.717, 1.165) is 0 Å². The van der Waals surface area contributed by atoms with Gasteiger partial charge in [-0.3, -0.25) is 4.79 Å². The first-order chi connectivity index (χ1) is 15.9. The van der Waals surface area contributed by atoms with Gasteiger partial charge in [-0.15, -0.1) is 0 Å². The maximum atomic E-state index is 15.1. The van der Waals surface area contributed by atoms with Gasteiger partial charge >= 0.3 is 0 Å². The molecular formula is C24H15ClFN3O3S. The lowest BCUT2D eigenvalue weighted by atomic mass is 10.0. The second-order valence-electron chi connectivity index (χ2n) is 7.08. The van der Waals surface area contributed by atoms with Gasteiger partial charge in [-0.05, 0) is 17.7 Å². The minimum Gasteiger partial charge on any atom is -0.316 e. The normalized spacial score (nSPS) is 11.2. The Labute approximate surface area is 194 Å². The smallest absolute Gasteiger partial charge is 0.270 e. The molecule has 0 aliphatic rings. The highest BCUT2D eigenvalue weighted by molar-refractivity contribution is 7.96. The van der Waals surface area contributed by atoms with Gasteiger partial charge in [0.2, 0.25) is 0 Å². The summed E-state index contributed by atoms with van der Waals surface area (Å²) < 4.78 is 40.9. The van der Waals surface area contributed by atoms with Crippen molar-refractivity contribution in [3.8, 4) is 27.9 Å². The van der Waals surface area contributed by atoms with Crippen molar-refractivity contribution in [3.05, 3.63) is 95.0 Å². The molecular weight excluding hydrogens is 465 g/mol. The van der Waals surface area contributed by atoms with Crippen LogP contribution in [0, 0.1) is 16.5 Å². The molecule has 164 valence electrons. The summed E-state index contributed by atoms with van der Waals surface area (Å²) in [7, 11) is -4.17. The van der Waals surface area contributed by atoms with E-state index in [1.807, 2.05) is 18.2 Å². The summed E-state index contributed by atoms with van der Waals surface area (Å²) in [4.78, 5) is 15.7. The van der Waals surface area contributed by atoms with Gasteiger partial charge in [0.1, 0.15) is 17.3 Å². The summed E-state index contributed by atoms with van der Waals surface area (Å²) in [6.45, 7) is -0.0255. The molecule has 9 heteroatoms. The van der Waals surface area contributed by atoms with Gasteiger partial charge in [0, 0.05) is 16.7 Å². The third-order valence-electron chi connectivity index (χ3n) is 5.09. The van der Waals surface area contributed by atoms with Crippen molar-refractivity contribution in [2.24, 2.45) is 0 Å². The van der Waals surface area contributed by atoms with Crippen LogP contribution in [0.5, 0.6) is 0 Å². The highest BCUT2D eigenvalue weighted by Gasteiger charge is 2.21. The average Bonchev–Trinajstić information content (AvgIpc) is 3.15. The van der Waals surface area contributed by atoms with E-state index in [0.29, 0.717) is 23.2 Å². The maximum Gasteiger partial charge on any atom is 0.270 e. The fraction of sp³-hybridized carbons (Fsp3) is 0.0417. The van der Waals surface area contributed by atoms with Crippen molar-refractivity contribution in [1.29, 1.82) is 5.26 Å². The minimum atomic E-state index is -4.17. The topological polar surface area (TPSA) is 92.8 Å². The van der Waals surface area contributed by atoms with Gasteiger partial charge in [-0.1, -0.05) is 72.3 Å². The molecule has 0 spiro atoms. The molecule has 3 aromatic carbocycles. The van der Waals surface area contributed by atoms with Crippen molar-refractivity contribution in [1.82, 2.24) is 9.55 Å². The summed E-state index contributed by atoms with van der Waals surface area (Å²) in [6.07, 6.45) is 0.567. The molecule has 0 radical (unpaired) electrons. The molecule has 0 N–H and O–H groups in total. The molecule has 0 aliphatic carbocycles. The number of benzene rings is 3. The number of carbonyl (C=O) groups is 1. The van der Waals surface area contributed by atoms with E-state index in [1.54, 1.807) is 24.3 Å². The zero-order valence-electron chi connectivity index (χ0n) is 16.9. The SMILES string of the molecule is N#CS(=O)(=O)c1ccccc1-c1ccc(Cn2c(-c3ccccc3)nc(Cl)c2C=O)c(F)c1. The first-order valence-electron chi connectivity index (χ1n) is 9.66. The predicted octanol–water partition coefficient (Wildman–Crippen LogP) is 5.13. The van der Waals surface area contributed by atoms with E-state index < -0.39 is 15.7 Å². The molecule has 0 fully saturated rings. The number of sulfone groups is 1. The van der Waals surface area contributed by atoms with E-state index in [2.05, 4.69) is 4.98 Å². The van der Waals surface area contributed by atoms with E-state index in [1.165, 1.54) is 40.3 Å². The van der Waals surface area contributed by atoms with Gasteiger partial charge in [-0.2, -0.15) is 5.26 Å². The van der Waals surface area contributed by atoms with Crippen LogP contribution in [0.25, 0.3) is 22.5 Å². The van der Waals surface area contributed by atoms with Gasteiger partial charge in [-0.25, -0.2) is 17.8 Å². The third-order valence-corrected chi connectivity index (χ3v) is 6.55. The first kappa shape index (κ1) is 22.4. The third kappa shape index (κ3) is 4.29. The zero-order valence-corrected chi connectivity index (χ0v) is 18.5. The van der Waals surface area contributed by atoms with Crippen molar-refractivity contribution in [2.45, 2.75) is 11.4 Å². The van der Waals surface area contributed by atoms with Gasteiger partial charge < -0.3 is 4.57 Å². The molecule has 0 atom stereocenters. The second-order valence-corrected chi connectivity index (χ2v) is 9.07. The van der Waals surface area contributed by atoms with Crippen molar-refractivity contribution >= 4 is 27.7 Å². The summed E-state index contributed by atoms with van der Waals surface area (Å²) in [6, 6.07) is 19.2. The number of nitrogens with zero attached hydrogens (tertiary/aromatic N) is 3. The molecule has 0 unspecified atom stereocenters. The van der Waals surface area contributed by atoms with Crippen molar-refractivity contribution in [3.63, 3.8) is 0 Å². The van der Waals surface area contributed by atoms with Crippen LogP contribution in [0.3, 0.4) is 0 Å². The fourth-order valence-corrected chi connectivity index (χ4v) is 4.58. The van der Waals surface area contributed by atoms with Crippen molar-refractivity contribution < 1.29 is 17.6 Å². The number of aromatic nitrogens is 2. The van der Waals surface area contributed by atoms with E-state index >= 15 is 4.39 Å². The highest BCUT2D eigenvalue weighted by Crippen LogP contribution is 2.31. The Hall–Kier alpha value is -3.80. The molecule has 0 saturated heterocycles. The Morgan fingerprint density at radius 3 is 2.39 bits per heavy atom. The molecule has 4 rings (SSSR count). The van der Waals surface area contributed by atoms with Crippen LogP contribution in [0.1, 0.15) is 16.1 Å². The molecule has 0 saturated carbocycles. The van der Waals surface area contributed by atoms with Crippen molar-refractivity contribution in [2.75, 3.05) is 0 Å². The van der Waals surface area contributed by atoms with Gasteiger partial charge in [0.05, 0.1) is 11.4 Å². The Kier molecular flexibility index (Phi) is 6.09. The average molecular weight is 480 g/mol. The summed E-state index contributed by atoms with van der Waals surface area (Å²) in [5.74, 6) is -0.200. The lowest BCUT2D eigenvalue weighted by Crippen LogP contribution is -2.08. The number of carbonyl (C=O) groups excluding carboxylic acids is 1. The molecule has 33 heavy (non-hydrogen) atoms. The summed E-state index contributed by atoms with van der Waals surface area (Å²) >= 11 is 6.15. The largest absolute Gasteiger partial charge is 0.316 e. The number of aldehydes is 1. The number of nitriles is 1. The molecule has 0 amide bonds. The van der Waals surface area contributed by atoms with Crippen LogP contribution < -0.4 is 0 Å². The quantitative estimate of drug-likeness (QED) is 0.217. The van der Waals surface area contributed by atoms with Crippen LogP contribution in [0.4, 0.5) is 4.39 Å². The number of rotatable bonds is 6. The molecule has 4 aromatic rings. The number of hydrogen-bond acceptors (Lipinski definition) is 5. The van der Waals surface area contributed by atoms with Crippen LogP contribution in [-0.4, -0.2) is 24.3 Å². The number of thiocyanates is 1. The molecule has 0 aliphatic heterocycles. The lowest BCUT2D eigenvalue weighted by Gasteiger charge is -2.12. The summed E-state index contributed by atoms with van der Waals surface area (Å²) in [5.41, 5.74) is 1.58. The Bertz CT molecular complexity index is 1510. The fourth-order valence-electron chi connectivity index (χ4n) is 3.52. The molecule has 1 aromatic heterocycles. The number of hydrogen-bond donors (Lipinski definition) is 0. The van der Waals surface area contributed by atoms with E-state index in [4.69, 9.17) is 16.9 Å². The molecule has 6 nitrogen and oxygen atoms in total. The Morgan fingerprint density at radius 2 is 1.73 bits per heavy atom. The highest BCUT2D eigenvalue weighted by atomic mass is 35.5. The number of halogens is 2. The van der Waals surface area contributed by atoms with E-state index in [-0.39, 0.29) is 33.4 Å². The minimum absolute atomic E-state index is 0.0107.